The molecule has 0 aliphatic rings. The Morgan fingerprint density at radius 2 is 1.65 bits per heavy atom. The zero-order chi connectivity index (χ0) is 14.4. The van der Waals surface area contributed by atoms with Crippen LogP contribution >= 0.6 is 11.6 Å². The summed E-state index contributed by atoms with van der Waals surface area (Å²) in [5.74, 6) is 0. The Kier molecular flexibility index (Phi) is 5.60. The zero-order valence-electron chi connectivity index (χ0n) is 12.0. The minimum atomic E-state index is 0.321. The van der Waals surface area contributed by atoms with Crippen molar-refractivity contribution < 1.29 is 0 Å². The molecule has 2 nitrogen and oxygen atoms in total. The lowest BCUT2D eigenvalue weighted by Gasteiger charge is -2.23. The smallest absolute Gasteiger partial charge is 0.0451 e. The Morgan fingerprint density at radius 1 is 1.00 bits per heavy atom. The molecule has 2 aromatic rings. The van der Waals surface area contributed by atoms with Gasteiger partial charge in [-0.05, 0) is 37.4 Å². The third-order valence-electron chi connectivity index (χ3n) is 3.22. The molecule has 0 saturated heterocycles. The van der Waals surface area contributed by atoms with Crippen molar-refractivity contribution in [1.82, 2.24) is 10.2 Å². The molecule has 0 fully saturated rings. The van der Waals surface area contributed by atoms with Gasteiger partial charge in [-0.15, -0.1) is 0 Å². The lowest BCUT2D eigenvalue weighted by Crippen LogP contribution is -2.30. The van der Waals surface area contributed by atoms with E-state index < -0.39 is 0 Å². The van der Waals surface area contributed by atoms with Crippen LogP contribution in [0.2, 0.25) is 5.02 Å². The number of rotatable bonds is 6. The highest BCUT2D eigenvalue weighted by Crippen LogP contribution is 2.15. The second-order valence-corrected chi connectivity index (χ2v) is 5.67. The second-order valence-electron chi connectivity index (χ2n) is 5.23. The van der Waals surface area contributed by atoms with Crippen molar-refractivity contribution in [3.05, 3.63) is 70.7 Å². The summed E-state index contributed by atoms with van der Waals surface area (Å²) in [5, 5.41) is 4.40. The summed E-state index contributed by atoms with van der Waals surface area (Å²) in [7, 11) is 4.19. The van der Waals surface area contributed by atoms with E-state index in [4.69, 9.17) is 11.6 Å². The number of nitrogens with zero attached hydrogens (tertiary/aromatic N) is 1. The van der Waals surface area contributed by atoms with Gasteiger partial charge in [0.1, 0.15) is 0 Å². The molecular weight excluding hydrogens is 268 g/mol. The number of nitrogens with one attached hydrogen (secondary N) is 1. The van der Waals surface area contributed by atoms with Crippen LogP contribution in [0.3, 0.4) is 0 Å². The van der Waals surface area contributed by atoms with E-state index >= 15 is 0 Å². The van der Waals surface area contributed by atoms with Gasteiger partial charge in [0.05, 0.1) is 0 Å². The van der Waals surface area contributed by atoms with E-state index in [1.165, 1.54) is 11.1 Å². The summed E-state index contributed by atoms with van der Waals surface area (Å²) >= 11 is 5.91. The van der Waals surface area contributed by atoms with E-state index in [9.17, 15) is 0 Å². The summed E-state index contributed by atoms with van der Waals surface area (Å²) in [6.07, 6.45) is 0. The van der Waals surface area contributed by atoms with Gasteiger partial charge in [0.2, 0.25) is 0 Å². The molecular formula is C17H21ClN2. The molecule has 2 rings (SSSR count). The number of likely N-dealkylation sites (N-methyl/N-ethyl adjacent to an activating group) is 1. The molecule has 1 atom stereocenters. The minimum absolute atomic E-state index is 0.321. The number of hydrogen-bond acceptors (Lipinski definition) is 2. The van der Waals surface area contributed by atoms with E-state index in [0.717, 1.165) is 18.1 Å². The Hall–Kier alpha value is -1.35. The van der Waals surface area contributed by atoms with Crippen molar-refractivity contribution in [3.8, 4) is 0 Å². The van der Waals surface area contributed by atoms with Crippen molar-refractivity contribution in [3.63, 3.8) is 0 Å². The third-order valence-corrected chi connectivity index (χ3v) is 3.47. The van der Waals surface area contributed by atoms with E-state index in [0.29, 0.717) is 6.04 Å². The first-order chi connectivity index (χ1) is 9.65. The average molecular weight is 289 g/mol. The largest absolute Gasteiger partial charge is 0.308 e. The van der Waals surface area contributed by atoms with Crippen molar-refractivity contribution in [2.45, 2.75) is 12.6 Å². The monoisotopic (exact) mass is 288 g/mol. The van der Waals surface area contributed by atoms with Crippen LogP contribution in [-0.2, 0) is 6.54 Å². The van der Waals surface area contributed by atoms with Gasteiger partial charge in [0.25, 0.3) is 0 Å². The normalized spacial score (nSPS) is 12.6. The molecule has 0 spiro atoms. The van der Waals surface area contributed by atoms with Crippen molar-refractivity contribution in [2.75, 3.05) is 20.6 Å². The highest BCUT2D eigenvalue weighted by molar-refractivity contribution is 6.30. The topological polar surface area (TPSA) is 15.3 Å². The standard InChI is InChI=1S/C17H21ClN2/c1-20(2)13-17(15-6-4-3-5-7-15)19-12-14-8-10-16(18)11-9-14/h3-11,17,19H,12-13H2,1-2H3. The van der Waals surface area contributed by atoms with Gasteiger partial charge in [-0.25, -0.2) is 0 Å². The molecule has 106 valence electrons. The SMILES string of the molecule is CN(C)CC(NCc1ccc(Cl)cc1)c1ccccc1. The van der Waals surface area contributed by atoms with Crippen molar-refractivity contribution in [2.24, 2.45) is 0 Å². The van der Waals surface area contributed by atoms with E-state index in [1.807, 2.05) is 12.1 Å². The molecule has 20 heavy (non-hydrogen) atoms. The first-order valence-electron chi connectivity index (χ1n) is 6.82. The fourth-order valence-electron chi connectivity index (χ4n) is 2.18. The molecule has 0 aromatic heterocycles. The van der Waals surface area contributed by atoms with Gasteiger partial charge in [-0.1, -0.05) is 54.1 Å². The van der Waals surface area contributed by atoms with E-state index in [-0.39, 0.29) is 0 Å². The highest BCUT2D eigenvalue weighted by Gasteiger charge is 2.11. The molecule has 1 unspecified atom stereocenters. The molecule has 0 saturated carbocycles. The maximum atomic E-state index is 5.91. The molecule has 0 radical (unpaired) electrons. The van der Waals surface area contributed by atoms with Gasteiger partial charge in [0.15, 0.2) is 0 Å². The van der Waals surface area contributed by atoms with Crippen LogP contribution < -0.4 is 5.32 Å². The fourth-order valence-corrected chi connectivity index (χ4v) is 2.31. The molecule has 3 heteroatoms. The number of benzene rings is 2. The number of halogens is 1. The summed E-state index contributed by atoms with van der Waals surface area (Å²) in [5.41, 5.74) is 2.56. The van der Waals surface area contributed by atoms with Gasteiger partial charge in [-0.2, -0.15) is 0 Å². The predicted octanol–water partition coefficient (Wildman–Crippen LogP) is 3.73. The molecule has 0 bridgehead atoms. The Labute approximate surface area is 126 Å². The van der Waals surface area contributed by atoms with Gasteiger partial charge in [-0.3, -0.25) is 0 Å². The van der Waals surface area contributed by atoms with Gasteiger partial charge >= 0.3 is 0 Å². The summed E-state index contributed by atoms with van der Waals surface area (Å²) < 4.78 is 0. The predicted molar refractivity (Wildman–Crippen MR) is 86.0 cm³/mol. The van der Waals surface area contributed by atoms with Crippen LogP contribution in [0.1, 0.15) is 17.2 Å². The molecule has 2 aromatic carbocycles. The lowest BCUT2D eigenvalue weighted by molar-refractivity contribution is 0.340. The summed E-state index contributed by atoms with van der Waals surface area (Å²) in [6, 6.07) is 18.9. The quantitative estimate of drug-likeness (QED) is 0.871. The average Bonchev–Trinajstić information content (AvgIpc) is 2.46. The van der Waals surface area contributed by atoms with Crippen molar-refractivity contribution >= 4 is 11.6 Å². The number of hydrogen-bond donors (Lipinski definition) is 1. The highest BCUT2D eigenvalue weighted by atomic mass is 35.5. The van der Waals surface area contributed by atoms with Gasteiger partial charge < -0.3 is 10.2 Å². The second kappa shape index (κ2) is 7.44. The zero-order valence-corrected chi connectivity index (χ0v) is 12.8. The maximum absolute atomic E-state index is 5.91. The Balaban J connectivity index is 2.03. The van der Waals surface area contributed by atoms with Crippen LogP contribution in [0.5, 0.6) is 0 Å². The molecule has 0 amide bonds. The first kappa shape index (κ1) is 15.0. The van der Waals surface area contributed by atoms with Crippen LogP contribution in [0.4, 0.5) is 0 Å². The molecule has 0 heterocycles. The van der Waals surface area contributed by atoms with Crippen LogP contribution in [0.15, 0.2) is 54.6 Å². The molecule has 0 aliphatic carbocycles. The molecule has 1 N–H and O–H groups in total. The maximum Gasteiger partial charge on any atom is 0.0451 e. The lowest BCUT2D eigenvalue weighted by atomic mass is 10.1. The van der Waals surface area contributed by atoms with Gasteiger partial charge in [0, 0.05) is 24.2 Å². The molecule has 0 aliphatic heterocycles. The Morgan fingerprint density at radius 3 is 2.25 bits per heavy atom. The first-order valence-corrected chi connectivity index (χ1v) is 7.20. The summed E-state index contributed by atoms with van der Waals surface area (Å²) in [4.78, 5) is 2.20. The Bertz CT molecular complexity index is 508. The minimum Gasteiger partial charge on any atom is -0.308 e. The summed E-state index contributed by atoms with van der Waals surface area (Å²) in [6.45, 7) is 1.81. The van der Waals surface area contributed by atoms with Crippen LogP contribution in [0, 0.1) is 0 Å². The van der Waals surface area contributed by atoms with Crippen molar-refractivity contribution in [1.29, 1.82) is 0 Å². The van der Waals surface area contributed by atoms with Crippen LogP contribution in [-0.4, -0.2) is 25.5 Å². The van der Waals surface area contributed by atoms with E-state index in [2.05, 4.69) is 66.8 Å². The van der Waals surface area contributed by atoms with Crippen LogP contribution in [0.25, 0.3) is 0 Å². The van der Waals surface area contributed by atoms with E-state index in [1.54, 1.807) is 0 Å². The fraction of sp³-hybridized carbons (Fsp3) is 0.294. The third kappa shape index (κ3) is 4.64.